The van der Waals surface area contributed by atoms with Crippen molar-refractivity contribution in [1.82, 2.24) is 24.5 Å². The molecule has 480 valence electrons. The first-order valence-electron chi connectivity index (χ1n) is 34.7. The zero-order valence-electron chi connectivity index (χ0n) is 56.5. The van der Waals surface area contributed by atoms with Crippen LogP contribution >= 0.6 is 15.9 Å². The van der Waals surface area contributed by atoms with E-state index in [-0.39, 0.29) is 10.8 Å². The fraction of sp³-hybridized carbons (Fsp3) is 0.0737. The van der Waals surface area contributed by atoms with Crippen molar-refractivity contribution in [1.29, 1.82) is 0 Å². The van der Waals surface area contributed by atoms with E-state index < -0.39 is 0 Å². The molecule has 5 nitrogen and oxygen atoms in total. The van der Waals surface area contributed by atoms with Crippen molar-refractivity contribution in [2.45, 2.75) is 44.9 Å². The standard InChI is InChI=1S/C47H33N3.C26H20.C22H15BrN2/c1-47(2)39-20-12-11-19-36(39)37-26-27-38-43-35-18-10-9-13-30(35)23-28-42(43)50(45(38)44(37)47)34-24-21-32(22-25-34)41-29-40(31-14-5-3-6-15-31)48-46(49-41)33-16-7-4-8-17-33;1-26(2)23-10-6-5-9-19(23)21-14-13-20-22(25(21)26)15-17-12-11-16-7-3-4-8-18(16)24(17)20;23-19-13-11-17(12-14-19)21-15-20(16-7-3-1-4-8-16)24-22(25-21)18-9-5-2-6-10-18/h3-29H,1-2H3;3-14H,15H2,1-2H3;1-15H. The van der Waals surface area contributed by atoms with Gasteiger partial charge in [0.2, 0.25) is 0 Å². The topological polar surface area (TPSA) is 56.5 Å². The highest BCUT2D eigenvalue weighted by atomic mass is 79.9. The van der Waals surface area contributed by atoms with Crippen molar-refractivity contribution in [2.75, 3.05) is 0 Å². The maximum Gasteiger partial charge on any atom is 0.160 e. The van der Waals surface area contributed by atoms with Crippen LogP contribution in [0.3, 0.4) is 0 Å². The second kappa shape index (κ2) is 24.8. The molecule has 0 aliphatic heterocycles. The summed E-state index contributed by atoms with van der Waals surface area (Å²) in [4.78, 5) is 19.7. The summed E-state index contributed by atoms with van der Waals surface area (Å²) in [6.07, 6.45) is 1.05. The smallest absolute Gasteiger partial charge is 0.160 e. The molecule has 0 N–H and O–H groups in total. The first-order valence-corrected chi connectivity index (χ1v) is 35.5. The van der Waals surface area contributed by atoms with E-state index in [1.54, 1.807) is 0 Å². The minimum absolute atomic E-state index is 0.0646. The van der Waals surface area contributed by atoms with E-state index in [2.05, 4.69) is 285 Å². The van der Waals surface area contributed by atoms with Crippen molar-refractivity contribution >= 4 is 59.3 Å². The molecule has 6 heteroatoms. The van der Waals surface area contributed by atoms with Crippen LogP contribution in [0.4, 0.5) is 0 Å². The largest absolute Gasteiger partial charge is 0.309 e. The molecule has 101 heavy (non-hydrogen) atoms. The number of hydrogen-bond donors (Lipinski definition) is 0. The van der Waals surface area contributed by atoms with Gasteiger partial charge in [-0.05, 0) is 137 Å². The predicted octanol–water partition coefficient (Wildman–Crippen LogP) is 25.0. The quantitative estimate of drug-likeness (QED) is 0.160. The van der Waals surface area contributed by atoms with Crippen molar-refractivity contribution < 1.29 is 0 Å². The molecule has 3 aliphatic carbocycles. The molecule has 0 atom stereocenters. The third-order valence-electron chi connectivity index (χ3n) is 21.0. The van der Waals surface area contributed by atoms with Crippen LogP contribution < -0.4 is 0 Å². The van der Waals surface area contributed by atoms with Crippen LogP contribution in [0.1, 0.15) is 61.1 Å². The lowest BCUT2D eigenvalue weighted by Crippen LogP contribution is -2.17. The van der Waals surface area contributed by atoms with Crippen LogP contribution in [0.25, 0.3) is 150 Å². The Kier molecular flexibility index (Phi) is 15.1. The van der Waals surface area contributed by atoms with Crippen molar-refractivity contribution in [3.8, 4) is 107 Å². The lowest BCUT2D eigenvalue weighted by molar-refractivity contribution is 0.654. The van der Waals surface area contributed by atoms with Crippen molar-refractivity contribution in [2.24, 2.45) is 0 Å². The second-order valence-electron chi connectivity index (χ2n) is 27.7. The van der Waals surface area contributed by atoms with Gasteiger partial charge in [-0.1, -0.05) is 329 Å². The lowest BCUT2D eigenvalue weighted by Gasteiger charge is -2.24. The summed E-state index contributed by atoms with van der Waals surface area (Å²) in [7, 11) is 0. The average Bonchev–Trinajstić information content (AvgIpc) is 1.54. The van der Waals surface area contributed by atoms with E-state index >= 15 is 0 Å². The Hall–Kier alpha value is -12.0. The summed E-state index contributed by atoms with van der Waals surface area (Å²) >= 11 is 3.49. The molecule has 0 saturated heterocycles. The molecule has 0 unspecified atom stereocenters. The Bertz CT molecular complexity index is 5960. The zero-order valence-corrected chi connectivity index (χ0v) is 58.1. The molecule has 17 aromatic rings. The Morgan fingerprint density at radius 2 is 0.743 bits per heavy atom. The molecular formula is C95H68BrN5. The molecular weight excluding hydrogens is 1290 g/mol. The van der Waals surface area contributed by atoms with Gasteiger partial charge < -0.3 is 4.57 Å². The van der Waals surface area contributed by atoms with E-state index in [0.717, 1.165) is 84.4 Å². The van der Waals surface area contributed by atoms with Crippen LogP contribution in [0.15, 0.2) is 332 Å². The number of hydrogen-bond acceptors (Lipinski definition) is 4. The maximum atomic E-state index is 5.10. The van der Waals surface area contributed by atoms with Crippen LogP contribution in [0, 0.1) is 0 Å². The third kappa shape index (κ3) is 10.6. The van der Waals surface area contributed by atoms with Crippen LogP contribution in [0.2, 0.25) is 0 Å². The normalized spacial score (nSPS) is 13.1. The number of halogens is 1. The Labute approximate surface area is 597 Å². The first-order chi connectivity index (χ1) is 49.5. The second-order valence-corrected chi connectivity index (χ2v) is 28.6. The number of nitrogens with zero attached hydrogens (tertiary/aromatic N) is 5. The average molecular weight is 1360 g/mol. The van der Waals surface area contributed by atoms with Gasteiger partial charge in [-0.3, -0.25) is 0 Å². The minimum atomic E-state index is -0.157. The van der Waals surface area contributed by atoms with Gasteiger partial charge in [-0.2, -0.15) is 0 Å². The van der Waals surface area contributed by atoms with Gasteiger partial charge in [0, 0.05) is 65.1 Å². The predicted molar refractivity (Wildman–Crippen MR) is 424 cm³/mol. The summed E-state index contributed by atoms with van der Waals surface area (Å²) in [6, 6.07) is 116. The molecule has 20 rings (SSSR count). The van der Waals surface area contributed by atoms with E-state index in [1.165, 1.54) is 110 Å². The third-order valence-corrected chi connectivity index (χ3v) is 21.6. The molecule has 0 spiro atoms. The Morgan fingerprint density at radius 1 is 0.327 bits per heavy atom. The molecule has 14 aromatic carbocycles. The summed E-state index contributed by atoms with van der Waals surface area (Å²) in [5.74, 6) is 1.46. The fourth-order valence-corrected chi connectivity index (χ4v) is 16.6. The molecule has 0 saturated carbocycles. The van der Waals surface area contributed by atoms with Gasteiger partial charge in [0.05, 0.1) is 33.8 Å². The van der Waals surface area contributed by atoms with E-state index in [1.807, 2.05) is 91.0 Å². The van der Waals surface area contributed by atoms with Crippen LogP contribution in [-0.4, -0.2) is 24.5 Å². The minimum Gasteiger partial charge on any atom is -0.309 e. The van der Waals surface area contributed by atoms with E-state index in [9.17, 15) is 0 Å². The van der Waals surface area contributed by atoms with Crippen molar-refractivity contribution in [3.63, 3.8) is 0 Å². The van der Waals surface area contributed by atoms with Gasteiger partial charge in [0.25, 0.3) is 0 Å². The Balaban J connectivity index is 0.000000120. The number of aromatic nitrogens is 5. The molecule has 0 amide bonds. The monoisotopic (exact) mass is 1360 g/mol. The molecule has 3 aromatic heterocycles. The number of fused-ring (bicyclic) bond motifs is 18. The van der Waals surface area contributed by atoms with E-state index in [0.29, 0.717) is 0 Å². The lowest BCUT2D eigenvalue weighted by atomic mass is 9.79. The highest BCUT2D eigenvalue weighted by Crippen LogP contribution is 2.56. The molecule has 0 bridgehead atoms. The molecule has 0 fully saturated rings. The van der Waals surface area contributed by atoms with Crippen LogP contribution in [-0.2, 0) is 17.3 Å². The molecule has 0 radical (unpaired) electrons. The highest BCUT2D eigenvalue weighted by Gasteiger charge is 2.41. The maximum absolute atomic E-state index is 5.10. The highest BCUT2D eigenvalue weighted by molar-refractivity contribution is 9.10. The number of rotatable bonds is 7. The molecule has 3 heterocycles. The zero-order chi connectivity index (χ0) is 67.9. The van der Waals surface area contributed by atoms with E-state index in [4.69, 9.17) is 19.9 Å². The first kappa shape index (κ1) is 61.4. The van der Waals surface area contributed by atoms with Gasteiger partial charge in [0.15, 0.2) is 11.6 Å². The summed E-state index contributed by atoms with van der Waals surface area (Å²) < 4.78 is 3.55. The SMILES string of the molecule is Brc1ccc(-c2cc(-c3ccccc3)nc(-c3ccccc3)n2)cc1.CC1(C)c2ccccc2-c2ccc3c(c21)Cc1ccc2ccccc2c1-3.CC1(C)c2ccccc2-c2ccc3c4c5ccccc5ccc4n(-c4ccc(-c5cc(-c6ccccc6)nc(-c6ccccc6)n5)cc4)c3c21. The van der Waals surface area contributed by atoms with Gasteiger partial charge in [0.1, 0.15) is 0 Å². The number of benzene rings is 14. The van der Waals surface area contributed by atoms with Gasteiger partial charge in [-0.15, -0.1) is 0 Å². The van der Waals surface area contributed by atoms with Crippen LogP contribution in [0.5, 0.6) is 0 Å². The Morgan fingerprint density at radius 3 is 1.30 bits per heavy atom. The summed E-state index contributed by atoms with van der Waals surface area (Å²) in [5, 5.41) is 7.84. The summed E-state index contributed by atoms with van der Waals surface area (Å²) in [6.45, 7) is 9.53. The van der Waals surface area contributed by atoms with Gasteiger partial charge >= 0.3 is 0 Å². The fourth-order valence-electron chi connectivity index (χ4n) is 16.3. The summed E-state index contributed by atoms with van der Waals surface area (Å²) in [5.41, 5.74) is 30.6. The van der Waals surface area contributed by atoms with Gasteiger partial charge in [-0.25, -0.2) is 19.9 Å². The van der Waals surface area contributed by atoms with Crippen molar-refractivity contribution in [3.05, 3.63) is 365 Å². The molecule has 3 aliphatic rings.